The largest absolute Gasteiger partial charge is 0.396 e. The number of amides is 1. The fraction of sp³-hybridized carbons (Fsp3) is 0.714. The second-order valence-corrected chi connectivity index (χ2v) is 6.71. The Morgan fingerprint density at radius 3 is 3.00 bits per heavy atom. The normalized spacial score (nSPS) is 22.3. The van der Waals surface area contributed by atoms with Crippen LogP contribution in [-0.4, -0.2) is 41.1 Å². The van der Waals surface area contributed by atoms with Gasteiger partial charge in [-0.15, -0.1) is 0 Å². The van der Waals surface area contributed by atoms with Gasteiger partial charge in [-0.25, -0.2) is 0 Å². The van der Waals surface area contributed by atoms with Crippen LogP contribution in [0.15, 0.2) is 0 Å². The number of rotatable bonds is 5. The fourth-order valence-electron chi connectivity index (χ4n) is 2.88. The summed E-state index contributed by atoms with van der Waals surface area (Å²) in [7, 11) is 0. The Bertz CT molecular complexity index is 513. The molecule has 0 bridgehead atoms. The number of aromatic nitrogens is 1. The lowest BCUT2D eigenvalue weighted by Crippen LogP contribution is -2.37. The van der Waals surface area contributed by atoms with Gasteiger partial charge in [-0.1, -0.05) is 0 Å². The Balaban J connectivity index is 1.76. The van der Waals surface area contributed by atoms with Crippen molar-refractivity contribution < 1.29 is 9.90 Å². The highest BCUT2D eigenvalue weighted by Gasteiger charge is 2.30. The maximum atomic E-state index is 12.4. The highest BCUT2D eigenvalue weighted by Crippen LogP contribution is 2.34. The van der Waals surface area contributed by atoms with E-state index in [1.165, 1.54) is 11.5 Å². The van der Waals surface area contributed by atoms with Gasteiger partial charge in [-0.05, 0) is 49.6 Å². The van der Waals surface area contributed by atoms with Gasteiger partial charge in [0.05, 0.1) is 0 Å². The first-order valence-electron chi connectivity index (χ1n) is 7.61. The highest BCUT2D eigenvalue weighted by molar-refractivity contribution is 7.11. The molecule has 1 saturated carbocycles. The molecule has 0 aromatic carbocycles. The third kappa shape index (κ3) is 3.29. The van der Waals surface area contributed by atoms with Crippen LogP contribution in [0.25, 0.3) is 0 Å². The first-order valence-corrected chi connectivity index (χ1v) is 8.38. The zero-order valence-corrected chi connectivity index (χ0v) is 12.9. The number of nitrogens with one attached hydrogen (secondary N) is 1. The van der Waals surface area contributed by atoms with Gasteiger partial charge in [0, 0.05) is 25.7 Å². The summed E-state index contributed by atoms with van der Waals surface area (Å²) >= 11 is 1.31. The number of piperidine rings is 1. The van der Waals surface area contributed by atoms with Crippen molar-refractivity contribution in [2.75, 3.05) is 30.3 Å². The van der Waals surface area contributed by atoms with Gasteiger partial charge in [-0.3, -0.25) is 4.79 Å². The molecule has 2 heterocycles. The minimum absolute atomic E-state index is 0.0944. The Morgan fingerprint density at radius 1 is 1.48 bits per heavy atom. The molecule has 21 heavy (non-hydrogen) atoms. The maximum absolute atomic E-state index is 12.4. The molecule has 1 aromatic heterocycles. The molecule has 116 valence electrons. The number of anilines is 2. The average Bonchev–Trinajstić information content (AvgIpc) is 3.19. The molecular formula is C14H22N4O2S. The van der Waals surface area contributed by atoms with Crippen molar-refractivity contribution >= 4 is 28.3 Å². The molecular weight excluding hydrogens is 288 g/mol. The van der Waals surface area contributed by atoms with Crippen molar-refractivity contribution in [2.45, 2.75) is 38.1 Å². The van der Waals surface area contributed by atoms with Gasteiger partial charge in [0.1, 0.15) is 10.6 Å². The summed E-state index contributed by atoms with van der Waals surface area (Å²) < 4.78 is 4.18. The summed E-state index contributed by atoms with van der Waals surface area (Å²) in [6, 6.07) is 0.313. The molecule has 2 fully saturated rings. The lowest BCUT2D eigenvalue weighted by atomic mass is 9.95. The zero-order valence-electron chi connectivity index (χ0n) is 12.0. The van der Waals surface area contributed by atoms with Gasteiger partial charge in [0.15, 0.2) is 5.82 Å². The number of nitrogen functional groups attached to an aromatic ring is 1. The Labute approximate surface area is 128 Å². The summed E-state index contributed by atoms with van der Waals surface area (Å²) in [6.07, 6.45) is 5.14. The standard InChI is InChI=1S/C14H22N4O2S/c15-12-11(13(20)16-10-3-4-10)14(21-17-12)18-6-1-2-9(8-18)5-7-19/h9-10,19H,1-8H2,(H2,15,17)(H,16,20). The summed E-state index contributed by atoms with van der Waals surface area (Å²) in [5.74, 6) is 0.715. The Hall–Kier alpha value is -1.34. The molecule has 7 heteroatoms. The van der Waals surface area contributed by atoms with E-state index in [4.69, 9.17) is 10.8 Å². The number of hydrogen-bond acceptors (Lipinski definition) is 6. The van der Waals surface area contributed by atoms with Crippen LogP contribution in [-0.2, 0) is 0 Å². The van der Waals surface area contributed by atoms with E-state index in [9.17, 15) is 4.79 Å². The molecule has 1 atom stereocenters. The monoisotopic (exact) mass is 310 g/mol. The smallest absolute Gasteiger partial charge is 0.258 e. The Morgan fingerprint density at radius 2 is 2.29 bits per heavy atom. The van der Waals surface area contributed by atoms with Crippen LogP contribution in [0.2, 0.25) is 0 Å². The predicted octanol–water partition coefficient (Wildman–Crippen LogP) is 1.22. The summed E-state index contributed by atoms with van der Waals surface area (Å²) in [4.78, 5) is 14.6. The first-order chi connectivity index (χ1) is 10.2. The number of carbonyl (C=O) groups excluding carboxylic acids is 1. The van der Waals surface area contributed by atoms with E-state index < -0.39 is 0 Å². The van der Waals surface area contributed by atoms with Crippen molar-refractivity contribution in [1.29, 1.82) is 0 Å². The van der Waals surface area contributed by atoms with Crippen molar-refractivity contribution in [3.8, 4) is 0 Å². The van der Waals surface area contributed by atoms with Crippen molar-refractivity contribution in [1.82, 2.24) is 9.69 Å². The molecule has 1 saturated heterocycles. The Kier molecular flexibility index (Phi) is 4.30. The van der Waals surface area contributed by atoms with E-state index in [1.54, 1.807) is 0 Å². The molecule has 0 spiro atoms. The van der Waals surface area contributed by atoms with E-state index in [-0.39, 0.29) is 12.5 Å². The second kappa shape index (κ2) is 6.19. The zero-order chi connectivity index (χ0) is 14.8. The predicted molar refractivity (Wildman–Crippen MR) is 83.7 cm³/mol. The lowest BCUT2D eigenvalue weighted by Gasteiger charge is -2.33. The van der Waals surface area contributed by atoms with Crippen LogP contribution in [0.4, 0.5) is 10.8 Å². The van der Waals surface area contributed by atoms with Gasteiger partial charge in [-0.2, -0.15) is 4.37 Å². The van der Waals surface area contributed by atoms with Crippen molar-refractivity contribution in [3.05, 3.63) is 5.56 Å². The molecule has 1 aliphatic carbocycles. The number of hydrogen-bond donors (Lipinski definition) is 3. The van der Waals surface area contributed by atoms with Crippen molar-refractivity contribution in [2.24, 2.45) is 5.92 Å². The third-order valence-electron chi connectivity index (χ3n) is 4.18. The van der Waals surface area contributed by atoms with E-state index in [0.29, 0.717) is 23.3 Å². The number of nitrogens with zero attached hydrogens (tertiary/aromatic N) is 2. The molecule has 4 N–H and O–H groups in total. The molecule has 1 aromatic rings. The maximum Gasteiger partial charge on any atom is 0.258 e. The van der Waals surface area contributed by atoms with E-state index in [0.717, 1.165) is 50.2 Å². The molecule has 1 unspecified atom stereocenters. The number of aliphatic hydroxyl groups is 1. The van der Waals surface area contributed by atoms with Crippen LogP contribution >= 0.6 is 11.5 Å². The first kappa shape index (κ1) is 14.6. The molecule has 1 aliphatic heterocycles. The fourth-order valence-corrected chi connectivity index (χ4v) is 3.72. The second-order valence-electron chi connectivity index (χ2n) is 5.96. The minimum Gasteiger partial charge on any atom is -0.396 e. The topological polar surface area (TPSA) is 91.5 Å². The molecule has 2 aliphatic rings. The van der Waals surface area contributed by atoms with Crippen LogP contribution < -0.4 is 16.0 Å². The van der Waals surface area contributed by atoms with Crippen LogP contribution in [0.1, 0.15) is 42.5 Å². The van der Waals surface area contributed by atoms with Crippen molar-refractivity contribution in [3.63, 3.8) is 0 Å². The summed E-state index contributed by atoms with van der Waals surface area (Å²) in [5, 5.41) is 13.0. The van der Waals surface area contributed by atoms with Crippen LogP contribution in [0.3, 0.4) is 0 Å². The van der Waals surface area contributed by atoms with Crippen LogP contribution in [0, 0.1) is 5.92 Å². The average molecular weight is 310 g/mol. The summed E-state index contributed by atoms with van der Waals surface area (Å²) in [5.41, 5.74) is 6.45. The number of nitrogens with two attached hydrogens (primary N) is 1. The van der Waals surface area contributed by atoms with E-state index in [1.807, 2.05) is 0 Å². The van der Waals surface area contributed by atoms with Gasteiger partial charge >= 0.3 is 0 Å². The van der Waals surface area contributed by atoms with Gasteiger partial charge in [0.2, 0.25) is 0 Å². The molecule has 0 radical (unpaired) electrons. The number of carbonyl (C=O) groups is 1. The van der Waals surface area contributed by atoms with Gasteiger partial charge in [0.25, 0.3) is 5.91 Å². The number of aliphatic hydroxyl groups excluding tert-OH is 1. The van der Waals surface area contributed by atoms with Crippen LogP contribution in [0.5, 0.6) is 0 Å². The SMILES string of the molecule is Nc1nsc(N2CCCC(CCO)C2)c1C(=O)NC1CC1. The quantitative estimate of drug-likeness (QED) is 0.760. The third-order valence-corrected chi connectivity index (χ3v) is 5.11. The summed E-state index contributed by atoms with van der Waals surface area (Å²) in [6.45, 7) is 2.01. The molecule has 1 amide bonds. The minimum atomic E-state index is -0.0944. The van der Waals surface area contributed by atoms with E-state index in [2.05, 4.69) is 14.6 Å². The highest BCUT2D eigenvalue weighted by atomic mass is 32.1. The van der Waals surface area contributed by atoms with E-state index >= 15 is 0 Å². The molecule has 6 nitrogen and oxygen atoms in total. The lowest BCUT2D eigenvalue weighted by molar-refractivity contribution is 0.0952. The molecule has 3 rings (SSSR count). The van der Waals surface area contributed by atoms with Gasteiger partial charge < -0.3 is 21.1 Å².